The lowest BCUT2D eigenvalue weighted by atomic mass is 9.91. The smallest absolute Gasteiger partial charge is 0.0334 e. The first kappa shape index (κ1) is 11.4. The zero-order chi connectivity index (χ0) is 11.1. The van der Waals surface area contributed by atoms with Gasteiger partial charge in [0.1, 0.15) is 0 Å². The van der Waals surface area contributed by atoms with Crippen LogP contribution in [0.4, 0.5) is 0 Å². The summed E-state index contributed by atoms with van der Waals surface area (Å²) < 4.78 is 0. The average Bonchev–Trinajstić information content (AvgIpc) is 3.03. The molecule has 0 spiro atoms. The molecule has 0 aromatic heterocycles. The second-order valence-electron chi connectivity index (χ2n) is 6.03. The van der Waals surface area contributed by atoms with E-state index in [0.717, 1.165) is 18.4 Å². The summed E-state index contributed by atoms with van der Waals surface area (Å²) in [7, 11) is 0. The molecular formula is C13H26N2. The van der Waals surface area contributed by atoms with Gasteiger partial charge in [-0.2, -0.15) is 0 Å². The van der Waals surface area contributed by atoms with E-state index in [-0.39, 0.29) is 5.54 Å². The molecule has 0 saturated heterocycles. The fourth-order valence-electron chi connectivity index (χ4n) is 2.81. The van der Waals surface area contributed by atoms with Crippen molar-refractivity contribution in [2.45, 2.75) is 58.0 Å². The van der Waals surface area contributed by atoms with Crippen LogP contribution in [-0.2, 0) is 0 Å². The molecule has 2 nitrogen and oxygen atoms in total. The molecule has 15 heavy (non-hydrogen) atoms. The van der Waals surface area contributed by atoms with Gasteiger partial charge >= 0.3 is 0 Å². The Hall–Kier alpha value is -0.0800. The zero-order valence-corrected chi connectivity index (χ0v) is 10.5. The zero-order valence-electron chi connectivity index (χ0n) is 10.5. The molecule has 0 heterocycles. The van der Waals surface area contributed by atoms with Gasteiger partial charge in [0.15, 0.2) is 0 Å². The Morgan fingerprint density at radius 3 is 2.20 bits per heavy atom. The second kappa shape index (κ2) is 4.06. The lowest BCUT2D eigenvalue weighted by Gasteiger charge is -2.44. The molecule has 1 atom stereocenters. The topological polar surface area (TPSA) is 29.3 Å². The van der Waals surface area contributed by atoms with Crippen LogP contribution in [0.3, 0.4) is 0 Å². The molecule has 2 heteroatoms. The highest BCUT2D eigenvalue weighted by Crippen LogP contribution is 2.44. The molecular weight excluding hydrogens is 184 g/mol. The molecule has 0 bridgehead atoms. The van der Waals surface area contributed by atoms with Crippen molar-refractivity contribution in [1.29, 1.82) is 0 Å². The van der Waals surface area contributed by atoms with E-state index in [1.807, 2.05) is 0 Å². The summed E-state index contributed by atoms with van der Waals surface area (Å²) in [5.41, 5.74) is 6.32. The van der Waals surface area contributed by atoms with E-state index in [9.17, 15) is 0 Å². The largest absolute Gasteiger partial charge is 0.329 e. The molecule has 0 radical (unpaired) electrons. The maximum atomic E-state index is 6.04. The highest BCUT2D eigenvalue weighted by atomic mass is 15.2. The van der Waals surface area contributed by atoms with Crippen LogP contribution in [0.5, 0.6) is 0 Å². The molecule has 0 aliphatic heterocycles. The van der Waals surface area contributed by atoms with Gasteiger partial charge in [0.25, 0.3) is 0 Å². The summed E-state index contributed by atoms with van der Waals surface area (Å²) in [4.78, 5) is 2.68. The van der Waals surface area contributed by atoms with Crippen molar-refractivity contribution in [3.05, 3.63) is 0 Å². The van der Waals surface area contributed by atoms with Gasteiger partial charge in [-0.3, -0.25) is 4.90 Å². The minimum Gasteiger partial charge on any atom is -0.329 e. The van der Waals surface area contributed by atoms with E-state index in [1.165, 1.54) is 32.2 Å². The van der Waals surface area contributed by atoms with Gasteiger partial charge in [0.05, 0.1) is 0 Å². The standard InChI is InChI=1S/C13H26N2/c1-10(2)15(8-11-4-5-11)13(3,9-14)12-6-7-12/h10-12H,4-9,14H2,1-3H3. The predicted molar refractivity (Wildman–Crippen MR) is 64.7 cm³/mol. The molecule has 2 aliphatic carbocycles. The first-order valence-electron chi connectivity index (χ1n) is 6.54. The third-order valence-electron chi connectivity index (χ3n) is 4.30. The van der Waals surface area contributed by atoms with Crippen molar-refractivity contribution >= 4 is 0 Å². The Kier molecular flexibility index (Phi) is 3.09. The Balaban J connectivity index is 2.05. The van der Waals surface area contributed by atoms with Crippen LogP contribution in [0, 0.1) is 11.8 Å². The molecule has 0 amide bonds. The lowest BCUT2D eigenvalue weighted by molar-refractivity contribution is 0.0525. The minimum atomic E-state index is 0.275. The fraction of sp³-hybridized carbons (Fsp3) is 1.00. The molecule has 1 unspecified atom stereocenters. The van der Waals surface area contributed by atoms with Crippen molar-refractivity contribution in [1.82, 2.24) is 4.90 Å². The lowest BCUT2D eigenvalue weighted by Crippen LogP contribution is -2.56. The molecule has 88 valence electrons. The molecule has 0 aromatic rings. The Morgan fingerprint density at radius 1 is 1.27 bits per heavy atom. The summed E-state index contributed by atoms with van der Waals surface area (Å²) in [6, 6.07) is 0.639. The van der Waals surface area contributed by atoms with Crippen LogP contribution in [0.2, 0.25) is 0 Å². The van der Waals surface area contributed by atoms with Crippen LogP contribution in [0.15, 0.2) is 0 Å². The van der Waals surface area contributed by atoms with Crippen molar-refractivity contribution in [2.75, 3.05) is 13.1 Å². The summed E-state index contributed by atoms with van der Waals surface area (Å²) in [6.45, 7) is 9.12. The molecule has 2 N–H and O–H groups in total. The quantitative estimate of drug-likeness (QED) is 0.728. The number of nitrogens with zero attached hydrogens (tertiary/aromatic N) is 1. The molecule has 2 fully saturated rings. The number of hydrogen-bond donors (Lipinski definition) is 1. The van der Waals surface area contributed by atoms with E-state index in [0.29, 0.717) is 6.04 Å². The van der Waals surface area contributed by atoms with E-state index in [1.54, 1.807) is 0 Å². The third-order valence-corrected chi connectivity index (χ3v) is 4.30. The second-order valence-corrected chi connectivity index (χ2v) is 6.03. The van der Waals surface area contributed by atoms with Crippen LogP contribution in [0.1, 0.15) is 46.5 Å². The molecule has 0 aromatic carbocycles. The maximum absolute atomic E-state index is 6.04. The molecule has 2 saturated carbocycles. The Morgan fingerprint density at radius 2 is 1.87 bits per heavy atom. The first-order chi connectivity index (χ1) is 7.08. The van der Waals surface area contributed by atoms with Crippen molar-refractivity contribution in [2.24, 2.45) is 17.6 Å². The monoisotopic (exact) mass is 210 g/mol. The van der Waals surface area contributed by atoms with Crippen LogP contribution in [-0.4, -0.2) is 29.6 Å². The van der Waals surface area contributed by atoms with Crippen LogP contribution >= 0.6 is 0 Å². The van der Waals surface area contributed by atoms with Crippen molar-refractivity contribution < 1.29 is 0 Å². The van der Waals surface area contributed by atoms with Gasteiger partial charge in [0, 0.05) is 24.7 Å². The van der Waals surface area contributed by atoms with E-state index in [2.05, 4.69) is 25.7 Å². The highest BCUT2D eigenvalue weighted by Gasteiger charge is 2.46. The normalized spacial score (nSPS) is 26.0. The summed E-state index contributed by atoms with van der Waals surface area (Å²) >= 11 is 0. The number of rotatable bonds is 6. The molecule has 2 rings (SSSR count). The fourth-order valence-corrected chi connectivity index (χ4v) is 2.81. The first-order valence-corrected chi connectivity index (χ1v) is 6.54. The summed E-state index contributed by atoms with van der Waals surface area (Å²) in [6.07, 6.45) is 5.66. The van der Waals surface area contributed by atoms with Crippen molar-refractivity contribution in [3.8, 4) is 0 Å². The summed E-state index contributed by atoms with van der Waals surface area (Å²) in [5.74, 6) is 1.83. The van der Waals surface area contributed by atoms with Crippen LogP contribution in [0.25, 0.3) is 0 Å². The predicted octanol–water partition coefficient (Wildman–Crippen LogP) is 2.23. The van der Waals surface area contributed by atoms with Gasteiger partial charge in [-0.25, -0.2) is 0 Å². The van der Waals surface area contributed by atoms with Crippen molar-refractivity contribution in [3.63, 3.8) is 0 Å². The Labute approximate surface area is 94.2 Å². The van der Waals surface area contributed by atoms with Gasteiger partial charge in [-0.15, -0.1) is 0 Å². The minimum absolute atomic E-state index is 0.275. The number of nitrogens with two attached hydrogens (primary N) is 1. The third kappa shape index (κ3) is 2.36. The molecule has 2 aliphatic rings. The van der Waals surface area contributed by atoms with E-state index < -0.39 is 0 Å². The highest BCUT2D eigenvalue weighted by molar-refractivity contribution is 5.02. The van der Waals surface area contributed by atoms with Gasteiger partial charge < -0.3 is 5.73 Å². The summed E-state index contributed by atoms with van der Waals surface area (Å²) in [5, 5.41) is 0. The van der Waals surface area contributed by atoms with Gasteiger partial charge in [0.2, 0.25) is 0 Å². The maximum Gasteiger partial charge on any atom is 0.0334 e. The average molecular weight is 210 g/mol. The SMILES string of the molecule is CC(C)N(CC1CC1)C(C)(CN)C1CC1. The van der Waals surface area contributed by atoms with Crippen LogP contribution < -0.4 is 5.73 Å². The van der Waals surface area contributed by atoms with Gasteiger partial charge in [-0.1, -0.05) is 0 Å². The number of hydrogen-bond acceptors (Lipinski definition) is 2. The Bertz CT molecular complexity index is 219. The van der Waals surface area contributed by atoms with E-state index in [4.69, 9.17) is 5.73 Å². The van der Waals surface area contributed by atoms with Gasteiger partial charge in [-0.05, 0) is 58.3 Å². The van der Waals surface area contributed by atoms with E-state index >= 15 is 0 Å².